The zero-order chi connectivity index (χ0) is 80.2. The fourth-order valence-corrected chi connectivity index (χ4v) is 19.5. The van der Waals surface area contributed by atoms with Crippen molar-refractivity contribution in [1.82, 2.24) is 0 Å². The molecule has 1 spiro atoms. The number of rotatable bonds is 16. The summed E-state index contributed by atoms with van der Waals surface area (Å²) in [6.45, 7) is 0. The quantitative estimate of drug-likeness (QED) is 0.0904. The molecule has 564 valence electrons. The first-order valence-corrected chi connectivity index (χ1v) is 42.0. The SMILES string of the molecule is c1ccc(-c2ccccc2-c2ccccc2-c2ccc(-c3ccc4c(c3)C3(c5cc(-c6ccc(-c7ccccc7-c7ccccc7-c7ccccc7)cc6)ccc5-4)c4cc(-c5ccc(-c6ccccc6-c6ccccc6-c6ccccc6)cc5)ccc4-c4ccc(-c5ccc(-c6ccccc6-c6ccccc6-c6ccccc6)cc5)cc43)cc2)cc1. The predicted molar refractivity (Wildman–Crippen MR) is 510 cm³/mol. The minimum Gasteiger partial charge on any atom is -0.0622 e. The average Bonchev–Trinajstić information content (AvgIpc) is 1.50. The summed E-state index contributed by atoms with van der Waals surface area (Å²) in [5.74, 6) is 0. The highest BCUT2D eigenvalue weighted by Gasteiger charge is 2.52. The third-order valence-electron chi connectivity index (χ3n) is 25.3. The molecule has 22 rings (SSSR count). The van der Waals surface area contributed by atoms with Crippen molar-refractivity contribution in [2.45, 2.75) is 5.41 Å². The minimum absolute atomic E-state index is 0.792. The smallest absolute Gasteiger partial charge is 0.0622 e. The van der Waals surface area contributed by atoms with Gasteiger partial charge >= 0.3 is 0 Å². The molecule has 0 saturated heterocycles. The second kappa shape index (κ2) is 30.8. The lowest BCUT2D eigenvalue weighted by Gasteiger charge is -2.32. The Morgan fingerprint density at radius 3 is 0.372 bits per heavy atom. The van der Waals surface area contributed by atoms with E-state index < -0.39 is 5.41 Å². The molecule has 0 N–H and O–H groups in total. The van der Waals surface area contributed by atoms with E-state index in [0.717, 1.165) is 44.5 Å². The molecule has 2 aliphatic carbocycles. The van der Waals surface area contributed by atoms with Crippen LogP contribution in [0.3, 0.4) is 0 Å². The molecule has 121 heavy (non-hydrogen) atoms. The van der Waals surface area contributed by atoms with Crippen LogP contribution in [-0.4, -0.2) is 0 Å². The minimum atomic E-state index is -0.792. The van der Waals surface area contributed by atoms with E-state index in [-0.39, 0.29) is 0 Å². The van der Waals surface area contributed by atoms with Crippen molar-refractivity contribution in [3.8, 4) is 200 Å². The first-order chi connectivity index (χ1) is 60.0. The highest BCUT2D eigenvalue weighted by Crippen LogP contribution is 2.65. The van der Waals surface area contributed by atoms with E-state index in [0.29, 0.717) is 0 Å². The Hall–Kier alpha value is -15.6. The molecule has 0 radical (unpaired) electrons. The fraction of sp³-hybridized carbons (Fsp3) is 0.00826. The molecule has 20 aromatic rings. The Kier molecular flexibility index (Phi) is 18.3. The van der Waals surface area contributed by atoms with Gasteiger partial charge in [-0.3, -0.25) is 0 Å². The highest BCUT2D eigenvalue weighted by molar-refractivity contribution is 6.02. The third-order valence-corrected chi connectivity index (χ3v) is 25.3. The van der Waals surface area contributed by atoms with Crippen LogP contribution in [0.2, 0.25) is 0 Å². The molecule has 0 saturated carbocycles. The fourth-order valence-electron chi connectivity index (χ4n) is 19.5. The maximum absolute atomic E-state index is 2.55. The molecule has 0 heterocycles. The average molecular weight is 1530 g/mol. The molecule has 20 aromatic carbocycles. The maximum Gasteiger partial charge on any atom is 0.0726 e. The van der Waals surface area contributed by atoms with E-state index in [1.807, 2.05) is 0 Å². The van der Waals surface area contributed by atoms with Crippen LogP contribution in [-0.2, 0) is 5.41 Å². The third kappa shape index (κ3) is 12.8. The normalized spacial score (nSPS) is 12.0. The van der Waals surface area contributed by atoms with E-state index in [1.54, 1.807) is 0 Å². The topological polar surface area (TPSA) is 0 Å². The van der Waals surface area contributed by atoms with Crippen LogP contribution in [0.15, 0.2) is 485 Å². The summed E-state index contributed by atoms with van der Waals surface area (Å²) in [7, 11) is 0. The van der Waals surface area contributed by atoms with Crippen LogP contribution in [0, 0.1) is 0 Å². The first-order valence-electron chi connectivity index (χ1n) is 42.0. The predicted octanol–water partition coefficient (Wildman–Crippen LogP) is 32.7. The highest BCUT2D eigenvalue weighted by atomic mass is 14.5. The molecule has 2 aliphatic rings. The van der Waals surface area contributed by atoms with Gasteiger partial charge in [0, 0.05) is 0 Å². The largest absolute Gasteiger partial charge is 0.0726 e. The number of benzene rings is 20. The molecule has 0 aromatic heterocycles. The van der Waals surface area contributed by atoms with Gasteiger partial charge < -0.3 is 0 Å². The van der Waals surface area contributed by atoms with Gasteiger partial charge in [0.15, 0.2) is 0 Å². The van der Waals surface area contributed by atoms with E-state index in [4.69, 9.17) is 0 Å². The van der Waals surface area contributed by atoms with Crippen LogP contribution in [0.4, 0.5) is 0 Å². The second-order valence-electron chi connectivity index (χ2n) is 31.9. The van der Waals surface area contributed by atoms with Gasteiger partial charge in [-0.25, -0.2) is 0 Å². The second-order valence-corrected chi connectivity index (χ2v) is 31.9. The van der Waals surface area contributed by atoms with Gasteiger partial charge in [-0.2, -0.15) is 0 Å². The van der Waals surface area contributed by atoms with Gasteiger partial charge in [-0.05, 0) is 247 Å². The maximum atomic E-state index is 2.55. The van der Waals surface area contributed by atoms with Crippen molar-refractivity contribution in [2.24, 2.45) is 0 Å². The summed E-state index contributed by atoms with van der Waals surface area (Å²) in [4.78, 5) is 0. The van der Waals surface area contributed by atoms with Gasteiger partial charge in [-0.15, -0.1) is 0 Å². The Balaban J connectivity index is 0.710. The zero-order valence-electron chi connectivity index (χ0n) is 66.7. The van der Waals surface area contributed by atoms with Gasteiger partial charge in [-0.1, -0.05) is 461 Å². The molecule has 0 aliphatic heterocycles. The van der Waals surface area contributed by atoms with Crippen molar-refractivity contribution in [3.05, 3.63) is 508 Å². The van der Waals surface area contributed by atoms with E-state index in [2.05, 4.69) is 485 Å². The van der Waals surface area contributed by atoms with E-state index >= 15 is 0 Å². The van der Waals surface area contributed by atoms with Gasteiger partial charge in [0.1, 0.15) is 0 Å². The Morgan fingerprint density at radius 2 is 0.207 bits per heavy atom. The molecule has 0 nitrogen and oxygen atoms in total. The Labute approximate surface area is 708 Å². The number of hydrogen-bond donors (Lipinski definition) is 0. The van der Waals surface area contributed by atoms with Crippen molar-refractivity contribution in [2.75, 3.05) is 0 Å². The van der Waals surface area contributed by atoms with Crippen molar-refractivity contribution < 1.29 is 0 Å². The molecule has 0 fully saturated rings. The van der Waals surface area contributed by atoms with Crippen LogP contribution in [0.25, 0.3) is 200 Å². The number of fused-ring (bicyclic) bond motifs is 10. The van der Waals surface area contributed by atoms with Crippen molar-refractivity contribution in [3.63, 3.8) is 0 Å². The van der Waals surface area contributed by atoms with Gasteiger partial charge in [0.25, 0.3) is 0 Å². The molecule has 0 amide bonds. The Morgan fingerprint density at radius 1 is 0.0826 bits per heavy atom. The van der Waals surface area contributed by atoms with Crippen molar-refractivity contribution >= 4 is 0 Å². The summed E-state index contributed by atoms with van der Waals surface area (Å²) in [6.07, 6.45) is 0. The van der Waals surface area contributed by atoms with Gasteiger partial charge in [0.05, 0.1) is 5.41 Å². The van der Waals surface area contributed by atoms with E-state index in [1.165, 1.54) is 178 Å². The summed E-state index contributed by atoms with van der Waals surface area (Å²) in [5.41, 5.74) is 47.2. The van der Waals surface area contributed by atoms with Gasteiger partial charge in [0.2, 0.25) is 0 Å². The summed E-state index contributed by atoms with van der Waals surface area (Å²) in [5, 5.41) is 0. The number of hydrogen-bond acceptors (Lipinski definition) is 0. The molecule has 0 bridgehead atoms. The zero-order valence-corrected chi connectivity index (χ0v) is 66.7. The van der Waals surface area contributed by atoms with Crippen LogP contribution in [0.5, 0.6) is 0 Å². The lowest BCUT2D eigenvalue weighted by atomic mass is 9.69. The molecular weight excluding hydrogens is 1450 g/mol. The van der Waals surface area contributed by atoms with Crippen LogP contribution in [0.1, 0.15) is 22.3 Å². The summed E-state index contributed by atoms with van der Waals surface area (Å²) in [6, 6.07) is 181. The molecule has 0 unspecified atom stereocenters. The first kappa shape index (κ1) is 71.9. The monoisotopic (exact) mass is 1530 g/mol. The molecule has 0 heteroatoms. The standard InChI is InChI=1S/C121H80/c1-5-29-85(30-6-1)97-37-13-21-45-105(97)109-49-25-17-41-101(109)89-61-53-81(54-62-89)93-69-73-113-114-74-70-94(82-55-63-90(64-56-82)102-42-18-26-50-110(102)106-46-22-14-38-98(106)86-31-7-2-8-32-86)78-118(114)121(117(113)77-93)119-79-95(83-57-65-91(66-58-83)103-43-19-27-51-111(103)107-47-23-15-39-99(107)87-33-9-3-10-34-87)71-75-115(119)116-76-72-96(80-120(116)121)84-59-67-92(68-60-84)104-44-20-28-52-112(104)108-48-24-16-40-100(108)88-35-11-4-12-36-88/h1-80H. The lowest BCUT2D eigenvalue weighted by Crippen LogP contribution is -2.26. The van der Waals surface area contributed by atoms with Crippen LogP contribution < -0.4 is 0 Å². The van der Waals surface area contributed by atoms with Crippen molar-refractivity contribution in [1.29, 1.82) is 0 Å². The Bertz CT molecular complexity index is 6410. The summed E-state index contributed by atoms with van der Waals surface area (Å²) >= 11 is 0. The van der Waals surface area contributed by atoms with Crippen LogP contribution >= 0.6 is 0 Å². The van der Waals surface area contributed by atoms with E-state index in [9.17, 15) is 0 Å². The summed E-state index contributed by atoms with van der Waals surface area (Å²) < 4.78 is 0. The lowest BCUT2D eigenvalue weighted by molar-refractivity contribution is 0.795. The molecular formula is C121H80. The molecule has 0 atom stereocenters.